The highest BCUT2D eigenvalue weighted by Crippen LogP contribution is 2.29. The van der Waals surface area contributed by atoms with Crippen LogP contribution in [-0.4, -0.2) is 19.6 Å². The topological polar surface area (TPSA) is 71.3 Å². The second-order valence-electron chi connectivity index (χ2n) is 7.34. The van der Waals surface area contributed by atoms with Crippen molar-refractivity contribution in [3.8, 4) is 17.6 Å². The number of nitrogens with one attached hydrogen (secondary N) is 1. The van der Waals surface area contributed by atoms with Gasteiger partial charge in [0.15, 0.2) is 11.5 Å². The SMILES string of the molecule is COc1cc(/C=C(/C#N)C(=O)NCCCc2ccccc2)ccc1OCc1ccc(F)cc1. The molecular weight excluding hydrogens is 419 g/mol. The van der Waals surface area contributed by atoms with Gasteiger partial charge in [-0.1, -0.05) is 48.5 Å². The third-order valence-corrected chi connectivity index (χ3v) is 4.94. The standard InChI is InChI=1S/C27H25FN2O3/c1-32-26-17-22(11-14-25(26)33-19-21-9-12-24(28)13-10-21)16-23(18-29)27(31)30-15-5-8-20-6-3-2-4-7-20/h2-4,6-7,9-14,16-17H,5,8,15,19H2,1H3,(H,30,31)/b23-16-. The molecule has 0 bridgehead atoms. The van der Waals surface area contributed by atoms with Crippen LogP contribution in [0, 0.1) is 17.1 Å². The molecule has 0 atom stereocenters. The number of rotatable bonds is 10. The molecule has 5 nitrogen and oxygen atoms in total. The van der Waals surface area contributed by atoms with Gasteiger partial charge in [-0.25, -0.2) is 4.39 Å². The third kappa shape index (κ3) is 7.22. The number of hydrogen-bond donors (Lipinski definition) is 1. The van der Waals surface area contributed by atoms with E-state index in [-0.39, 0.29) is 18.0 Å². The van der Waals surface area contributed by atoms with Crippen LogP contribution in [0.25, 0.3) is 6.08 Å². The highest BCUT2D eigenvalue weighted by Gasteiger charge is 2.11. The molecule has 0 aliphatic heterocycles. The fraction of sp³-hybridized carbons (Fsp3) is 0.185. The van der Waals surface area contributed by atoms with Crippen molar-refractivity contribution in [2.24, 2.45) is 0 Å². The minimum atomic E-state index is -0.416. The summed E-state index contributed by atoms with van der Waals surface area (Å²) in [6.07, 6.45) is 3.14. The number of ether oxygens (including phenoxy) is 2. The average molecular weight is 445 g/mol. The molecule has 33 heavy (non-hydrogen) atoms. The molecule has 3 rings (SSSR count). The van der Waals surface area contributed by atoms with Crippen LogP contribution >= 0.6 is 0 Å². The Labute approximate surface area is 193 Å². The summed E-state index contributed by atoms with van der Waals surface area (Å²) in [4.78, 5) is 12.4. The van der Waals surface area contributed by atoms with Crippen LogP contribution in [0.1, 0.15) is 23.1 Å². The van der Waals surface area contributed by atoms with Gasteiger partial charge in [-0.05, 0) is 59.9 Å². The van der Waals surface area contributed by atoms with Gasteiger partial charge in [-0.15, -0.1) is 0 Å². The van der Waals surface area contributed by atoms with Crippen LogP contribution in [0.2, 0.25) is 0 Å². The van der Waals surface area contributed by atoms with E-state index in [0.717, 1.165) is 18.4 Å². The molecule has 0 fully saturated rings. The molecule has 0 aliphatic carbocycles. The Kier molecular flexibility index (Phi) is 8.61. The van der Waals surface area contributed by atoms with Gasteiger partial charge in [-0.3, -0.25) is 4.79 Å². The molecule has 0 aromatic heterocycles. The zero-order chi connectivity index (χ0) is 23.5. The monoisotopic (exact) mass is 444 g/mol. The highest BCUT2D eigenvalue weighted by molar-refractivity contribution is 6.01. The summed E-state index contributed by atoms with van der Waals surface area (Å²) >= 11 is 0. The molecule has 3 aromatic carbocycles. The molecule has 1 N–H and O–H groups in total. The van der Waals surface area contributed by atoms with E-state index < -0.39 is 5.91 Å². The second-order valence-corrected chi connectivity index (χ2v) is 7.34. The lowest BCUT2D eigenvalue weighted by Gasteiger charge is -2.12. The van der Waals surface area contributed by atoms with Crippen LogP contribution in [0.15, 0.2) is 78.4 Å². The predicted molar refractivity (Wildman–Crippen MR) is 125 cm³/mol. The van der Waals surface area contributed by atoms with Crippen molar-refractivity contribution in [3.05, 3.63) is 101 Å². The molecule has 0 spiro atoms. The number of carbonyl (C=O) groups excluding carboxylic acids is 1. The van der Waals surface area contributed by atoms with Crippen molar-refractivity contribution in [1.82, 2.24) is 5.32 Å². The van der Waals surface area contributed by atoms with Crippen LogP contribution in [0.5, 0.6) is 11.5 Å². The van der Waals surface area contributed by atoms with Crippen LogP contribution in [0.4, 0.5) is 4.39 Å². The lowest BCUT2D eigenvalue weighted by molar-refractivity contribution is -0.117. The number of hydrogen-bond acceptors (Lipinski definition) is 4. The maximum absolute atomic E-state index is 13.0. The lowest BCUT2D eigenvalue weighted by atomic mass is 10.1. The average Bonchev–Trinajstić information content (AvgIpc) is 2.85. The highest BCUT2D eigenvalue weighted by atomic mass is 19.1. The Morgan fingerprint density at radius 1 is 1.03 bits per heavy atom. The summed E-state index contributed by atoms with van der Waals surface area (Å²) in [6.45, 7) is 0.729. The lowest BCUT2D eigenvalue weighted by Crippen LogP contribution is -2.25. The third-order valence-electron chi connectivity index (χ3n) is 4.94. The Hall–Kier alpha value is -4.11. The number of nitrogens with zero attached hydrogens (tertiary/aromatic N) is 1. The van der Waals surface area contributed by atoms with Gasteiger partial charge >= 0.3 is 0 Å². The molecule has 6 heteroatoms. The normalized spacial score (nSPS) is 10.9. The second kappa shape index (κ2) is 12.1. The maximum Gasteiger partial charge on any atom is 0.261 e. The van der Waals surface area contributed by atoms with E-state index in [9.17, 15) is 14.4 Å². The summed E-state index contributed by atoms with van der Waals surface area (Å²) in [5.41, 5.74) is 2.67. The number of aryl methyl sites for hydroxylation is 1. The van der Waals surface area contributed by atoms with E-state index in [1.807, 2.05) is 36.4 Å². The van der Waals surface area contributed by atoms with Crippen molar-refractivity contribution in [2.75, 3.05) is 13.7 Å². The zero-order valence-electron chi connectivity index (χ0n) is 18.4. The quantitative estimate of drug-likeness (QED) is 0.269. The Bertz CT molecular complexity index is 1140. The first-order chi connectivity index (χ1) is 16.1. The predicted octanol–water partition coefficient (Wildman–Crippen LogP) is 5.07. The molecule has 168 valence electrons. The van der Waals surface area contributed by atoms with Gasteiger partial charge < -0.3 is 14.8 Å². The van der Waals surface area contributed by atoms with Crippen molar-refractivity contribution in [2.45, 2.75) is 19.4 Å². The molecular formula is C27H25FN2O3. The van der Waals surface area contributed by atoms with Gasteiger partial charge in [-0.2, -0.15) is 5.26 Å². The van der Waals surface area contributed by atoms with Crippen LogP contribution in [0.3, 0.4) is 0 Å². The number of carbonyl (C=O) groups is 1. The molecule has 0 aliphatic rings. The minimum Gasteiger partial charge on any atom is -0.493 e. The molecule has 0 saturated heterocycles. The van der Waals surface area contributed by atoms with E-state index in [0.29, 0.717) is 23.6 Å². The fourth-order valence-electron chi connectivity index (χ4n) is 3.18. The Morgan fingerprint density at radius 3 is 2.48 bits per heavy atom. The minimum absolute atomic E-state index is 0.0109. The molecule has 0 radical (unpaired) electrons. The van der Waals surface area contributed by atoms with Crippen LogP contribution in [-0.2, 0) is 17.8 Å². The van der Waals surface area contributed by atoms with Crippen molar-refractivity contribution in [1.29, 1.82) is 5.26 Å². The molecule has 0 unspecified atom stereocenters. The summed E-state index contributed by atoms with van der Waals surface area (Å²) in [6, 6.07) is 23.2. The van der Waals surface area contributed by atoms with Gasteiger partial charge in [0.2, 0.25) is 0 Å². The van der Waals surface area contributed by atoms with Gasteiger partial charge in [0, 0.05) is 6.54 Å². The smallest absolute Gasteiger partial charge is 0.261 e. The van der Waals surface area contributed by atoms with E-state index in [4.69, 9.17) is 9.47 Å². The number of nitriles is 1. The van der Waals surface area contributed by atoms with Crippen LogP contribution < -0.4 is 14.8 Å². The Balaban J connectivity index is 1.59. The number of halogens is 1. The summed E-state index contributed by atoms with van der Waals surface area (Å²) in [5.74, 6) is 0.247. The van der Waals surface area contributed by atoms with Gasteiger partial charge in [0.1, 0.15) is 24.1 Å². The van der Waals surface area contributed by atoms with Gasteiger partial charge in [0.25, 0.3) is 5.91 Å². The summed E-state index contributed by atoms with van der Waals surface area (Å²) in [7, 11) is 1.51. The zero-order valence-corrected chi connectivity index (χ0v) is 18.4. The molecule has 0 heterocycles. The van der Waals surface area contributed by atoms with E-state index in [1.165, 1.54) is 30.9 Å². The van der Waals surface area contributed by atoms with Crippen molar-refractivity contribution < 1.29 is 18.7 Å². The van der Waals surface area contributed by atoms with E-state index >= 15 is 0 Å². The molecule has 3 aromatic rings. The first-order valence-corrected chi connectivity index (χ1v) is 10.6. The summed E-state index contributed by atoms with van der Waals surface area (Å²) in [5, 5.41) is 12.2. The molecule has 1 amide bonds. The van der Waals surface area contributed by atoms with Gasteiger partial charge in [0.05, 0.1) is 7.11 Å². The largest absolute Gasteiger partial charge is 0.493 e. The first-order valence-electron chi connectivity index (χ1n) is 10.6. The summed E-state index contributed by atoms with van der Waals surface area (Å²) < 4.78 is 24.2. The first kappa shape index (κ1) is 23.6. The van der Waals surface area contributed by atoms with E-state index in [1.54, 1.807) is 30.3 Å². The number of methoxy groups -OCH3 is 1. The number of benzene rings is 3. The van der Waals surface area contributed by atoms with E-state index in [2.05, 4.69) is 5.32 Å². The number of amides is 1. The van der Waals surface area contributed by atoms with Crippen molar-refractivity contribution in [3.63, 3.8) is 0 Å². The fourth-order valence-corrected chi connectivity index (χ4v) is 3.18. The van der Waals surface area contributed by atoms with Crippen molar-refractivity contribution >= 4 is 12.0 Å². The molecule has 0 saturated carbocycles. The Morgan fingerprint density at radius 2 is 1.79 bits per heavy atom. The maximum atomic E-state index is 13.0.